The quantitative estimate of drug-likeness (QED) is 0.581. The minimum Gasteiger partial charge on any atom is -0.324 e. The van der Waals surface area contributed by atoms with Crippen molar-refractivity contribution in [1.29, 1.82) is 0 Å². The number of carbonyl (C=O) groups excluding carboxylic acids is 1. The van der Waals surface area contributed by atoms with E-state index in [0.29, 0.717) is 35.6 Å². The molecule has 1 N–H and O–H groups in total. The summed E-state index contributed by atoms with van der Waals surface area (Å²) in [5.74, 6) is -0.353. The Morgan fingerprint density at radius 3 is 2.84 bits per heavy atom. The van der Waals surface area contributed by atoms with Gasteiger partial charge >= 0.3 is 0 Å². The molecule has 8 nitrogen and oxygen atoms in total. The lowest BCUT2D eigenvalue weighted by atomic mass is 10.0. The fraction of sp³-hybridized carbons (Fsp3) is 0.409. The molecular formula is C22H26ClN5O3S. The summed E-state index contributed by atoms with van der Waals surface area (Å²) in [6.45, 7) is 4.85. The molecule has 1 fully saturated rings. The van der Waals surface area contributed by atoms with E-state index in [-0.39, 0.29) is 17.3 Å². The second-order valence-electron chi connectivity index (χ2n) is 7.99. The molecule has 0 saturated carbocycles. The van der Waals surface area contributed by atoms with E-state index in [0.717, 1.165) is 23.9 Å². The van der Waals surface area contributed by atoms with Gasteiger partial charge in [0.1, 0.15) is 11.6 Å². The van der Waals surface area contributed by atoms with Crippen molar-refractivity contribution in [3.05, 3.63) is 47.0 Å². The maximum absolute atomic E-state index is 13.5. The first kappa shape index (κ1) is 22.7. The average Bonchev–Trinajstić information content (AvgIpc) is 3.19. The fourth-order valence-electron chi connectivity index (χ4n) is 4.04. The predicted octanol–water partition coefficient (Wildman–Crippen LogP) is 3.99. The summed E-state index contributed by atoms with van der Waals surface area (Å²) in [7, 11) is -3.89. The maximum Gasteiger partial charge on any atom is 0.243 e. The smallest absolute Gasteiger partial charge is 0.243 e. The summed E-state index contributed by atoms with van der Waals surface area (Å²) >= 11 is 6.16. The van der Waals surface area contributed by atoms with Crippen LogP contribution in [0, 0.1) is 6.92 Å². The molecule has 0 aliphatic carbocycles. The van der Waals surface area contributed by atoms with Gasteiger partial charge in [-0.25, -0.2) is 13.1 Å². The van der Waals surface area contributed by atoms with E-state index < -0.39 is 16.1 Å². The first-order valence-corrected chi connectivity index (χ1v) is 12.6. The van der Waals surface area contributed by atoms with Crippen LogP contribution in [0.2, 0.25) is 5.02 Å². The van der Waals surface area contributed by atoms with Gasteiger partial charge in [0.15, 0.2) is 0 Å². The lowest BCUT2D eigenvalue weighted by molar-refractivity contribution is -0.120. The van der Waals surface area contributed by atoms with Crippen molar-refractivity contribution in [1.82, 2.24) is 19.3 Å². The third kappa shape index (κ3) is 4.24. The number of amides is 1. The first-order chi connectivity index (χ1) is 15.3. The van der Waals surface area contributed by atoms with Gasteiger partial charge in [-0.05, 0) is 62.1 Å². The number of halogens is 1. The number of carbonyl (C=O) groups is 1. The molecule has 4 rings (SSSR count). The van der Waals surface area contributed by atoms with Crippen LogP contribution in [0.3, 0.4) is 0 Å². The third-order valence-corrected chi connectivity index (χ3v) is 8.12. The minimum absolute atomic E-state index is 0.118. The number of benzene rings is 2. The molecule has 1 aliphatic heterocycles. The molecule has 0 spiro atoms. The number of sulfonamides is 1. The number of nitrogens with zero attached hydrogens (tertiary/aromatic N) is 4. The third-order valence-electron chi connectivity index (χ3n) is 5.81. The van der Waals surface area contributed by atoms with Gasteiger partial charge < -0.3 is 5.32 Å². The van der Waals surface area contributed by atoms with E-state index in [2.05, 4.69) is 15.6 Å². The molecule has 1 atom stereocenters. The number of aryl methyl sites for hydroxylation is 1. The van der Waals surface area contributed by atoms with Gasteiger partial charge in [0, 0.05) is 23.8 Å². The lowest BCUT2D eigenvalue weighted by Crippen LogP contribution is -2.49. The molecule has 2 heterocycles. The molecule has 32 heavy (non-hydrogen) atoms. The molecule has 1 aromatic heterocycles. The zero-order valence-corrected chi connectivity index (χ0v) is 19.7. The van der Waals surface area contributed by atoms with Crippen molar-refractivity contribution in [3.63, 3.8) is 0 Å². The molecule has 0 bridgehead atoms. The normalized spacial score (nSPS) is 17.5. The van der Waals surface area contributed by atoms with Crippen molar-refractivity contribution in [2.75, 3.05) is 11.9 Å². The molecular weight excluding hydrogens is 450 g/mol. The molecule has 1 aliphatic rings. The zero-order valence-electron chi connectivity index (χ0n) is 18.1. The Balaban J connectivity index is 1.63. The van der Waals surface area contributed by atoms with Crippen molar-refractivity contribution in [2.24, 2.45) is 0 Å². The number of rotatable bonds is 6. The van der Waals surface area contributed by atoms with Crippen LogP contribution >= 0.6 is 11.6 Å². The Morgan fingerprint density at radius 2 is 2.06 bits per heavy atom. The van der Waals surface area contributed by atoms with Gasteiger partial charge in [0.25, 0.3) is 0 Å². The topological polar surface area (TPSA) is 97.2 Å². The Bertz CT molecular complexity index is 1260. The standard InChI is InChI=1S/C22H26ClN5O3S/c1-3-12-27-20-11-10-16(14-19(20)25-26-27)32(30,31)28-13-5-4-9-21(28)22(29)24-18-8-6-7-17(23)15(18)2/h6-8,10-11,14,21H,3-5,9,12-13H2,1-2H3,(H,24,29). The SMILES string of the molecule is CCCn1nnc2cc(S(=O)(=O)N3CCCCC3C(=O)Nc3cccc(Cl)c3C)ccc21. The number of hydrogen-bond acceptors (Lipinski definition) is 5. The number of fused-ring (bicyclic) bond motifs is 1. The van der Waals surface area contributed by atoms with Gasteiger partial charge in [-0.15, -0.1) is 5.10 Å². The second-order valence-corrected chi connectivity index (χ2v) is 10.3. The summed E-state index contributed by atoms with van der Waals surface area (Å²) < 4.78 is 30.1. The number of piperidine rings is 1. The van der Waals surface area contributed by atoms with E-state index in [9.17, 15) is 13.2 Å². The highest BCUT2D eigenvalue weighted by molar-refractivity contribution is 7.89. The summed E-state index contributed by atoms with van der Waals surface area (Å²) in [6, 6.07) is 9.30. The molecule has 2 aromatic carbocycles. The summed E-state index contributed by atoms with van der Waals surface area (Å²) in [5, 5.41) is 11.6. The second kappa shape index (κ2) is 9.17. The van der Waals surface area contributed by atoms with Crippen molar-refractivity contribution < 1.29 is 13.2 Å². The van der Waals surface area contributed by atoms with Gasteiger partial charge in [0.2, 0.25) is 15.9 Å². The highest BCUT2D eigenvalue weighted by atomic mass is 35.5. The predicted molar refractivity (Wildman–Crippen MR) is 124 cm³/mol. The Hall–Kier alpha value is -2.49. The van der Waals surface area contributed by atoms with E-state index in [1.54, 1.807) is 35.0 Å². The number of hydrogen-bond donors (Lipinski definition) is 1. The van der Waals surface area contributed by atoms with Crippen molar-refractivity contribution in [3.8, 4) is 0 Å². The minimum atomic E-state index is -3.89. The van der Waals surface area contributed by atoms with E-state index >= 15 is 0 Å². The van der Waals surface area contributed by atoms with Crippen LogP contribution in [0.15, 0.2) is 41.3 Å². The van der Waals surface area contributed by atoms with Crippen LogP contribution in [-0.4, -0.2) is 46.2 Å². The van der Waals surface area contributed by atoms with E-state index in [1.165, 1.54) is 10.4 Å². The highest BCUT2D eigenvalue weighted by Crippen LogP contribution is 2.29. The Morgan fingerprint density at radius 1 is 1.25 bits per heavy atom. The van der Waals surface area contributed by atoms with E-state index in [4.69, 9.17) is 11.6 Å². The zero-order chi connectivity index (χ0) is 22.9. The van der Waals surface area contributed by atoms with Crippen LogP contribution in [0.4, 0.5) is 5.69 Å². The maximum atomic E-state index is 13.5. The Labute approximate surface area is 192 Å². The highest BCUT2D eigenvalue weighted by Gasteiger charge is 2.38. The van der Waals surface area contributed by atoms with Crippen molar-refractivity contribution in [2.45, 2.75) is 57.0 Å². The van der Waals surface area contributed by atoms with Crippen LogP contribution in [0.1, 0.15) is 38.2 Å². The Kier molecular flexibility index (Phi) is 6.50. The monoisotopic (exact) mass is 475 g/mol. The van der Waals surface area contributed by atoms with Gasteiger partial charge in [-0.3, -0.25) is 4.79 Å². The molecule has 1 amide bonds. The van der Waals surface area contributed by atoms with Crippen LogP contribution < -0.4 is 5.32 Å². The molecule has 1 saturated heterocycles. The van der Waals surface area contributed by atoms with Gasteiger partial charge in [-0.2, -0.15) is 4.31 Å². The lowest BCUT2D eigenvalue weighted by Gasteiger charge is -2.33. The molecule has 10 heteroatoms. The first-order valence-electron chi connectivity index (χ1n) is 10.7. The number of aromatic nitrogens is 3. The number of anilines is 1. The van der Waals surface area contributed by atoms with E-state index in [1.807, 2.05) is 13.8 Å². The molecule has 3 aromatic rings. The molecule has 0 radical (unpaired) electrons. The van der Waals surface area contributed by atoms with Gasteiger partial charge in [0.05, 0.1) is 10.4 Å². The average molecular weight is 476 g/mol. The van der Waals surface area contributed by atoms with Crippen molar-refractivity contribution >= 4 is 44.3 Å². The van der Waals surface area contributed by atoms with Crippen LogP contribution in [-0.2, 0) is 21.4 Å². The summed E-state index contributed by atoms with van der Waals surface area (Å²) in [4.78, 5) is 13.2. The van der Waals surface area contributed by atoms with Crippen LogP contribution in [0.25, 0.3) is 11.0 Å². The fourth-order valence-corrected chi connectivity index (χ4v) is 5.89. The largest absolute Gasteiger partial charge is 0.324 e. The summed E-state index contributed by atoms with van der Waals surface area (Å²) in [5.41, 5.74) is 2.63. The summed E-state index contributed by atoms with van der Waals surface area (Å²) in [6.07, 6.45) is 2.84. The van der Waals surface area contributed by atoms with Gasteiger partial charge in [-0.1, -0.05) is 36.2 Å². The molecule has 1 unspecified atom stereocenters. The molecule has 170 valence electrons. The van der Waals surface area contributed by atoms with Crippen LogP contribution in [0.5, 0.6) is 0 Å². The number of nitrogens with one attached hydrogen (secondary N) is 1.